The molecule has 3 rings (SSSR count). The molecular weight excluding hydrogens is 459 g/mol. The van der Waals surface area contributed by atoms with Gasteiger partial charge in [0.1, 0.15) is 62.6 Å². The van der Waals surface area contributed by atoms with Crippen molar-refractivity contribution in [2.45, 2.75) is 19.4 Å². The summed E-state index contributed by atoms with van der Waals surface area (Å²) in [4.78, 5) is 3.09. The topological polar surface area (TPSA) is 36.6 Å². The normalized spacial score (nSPS) is 18.9. The third-order valence-corrected chi connectivity index (χ3v) is 5.76. The van der Waals surface area contributed by atoms with E-state index < -0.39 is 0 Å². The maximum Gasteiger partial charge on any atom is 0.146 e. The molecule has 1 aliphatic heterocycles. The zero-order chi connectivity index (χ0) is 20.5. The van der Waals surface area contributed by atoms with Gasteiger partial charge in [-0.2, -0.15) is 0 Å². The van der Waals surface area contributed by atoms with E-state index in [9.17, 15) is 0 Å². The molecule has 1 heterocycles. The molecule has 31 heavy (non-hydrogen) atoms. The molecular formula is C23H33Cl3N2O3. The Balaban J connectivity index is 0.00000240. The monoisotopic (exact) mass is 490 g/mol. The highest BCUT2D eigenvalue weighted by Crippen LogP contribution is 2.15. The van der Waals surface area contributed by atoms with E-state index in [1.54, 1.807) is 12.0 Å². The summed E-state index contributed by atoms with van der Waals surface area (Å²) in [5.41, 5.74) is 1.33. The Kier molecular flexibility index (Phi) is 13.3. The summed E-state index contributed by atoms with van der Waals surface area (Å²) in [6, 6.07) is 16.3. The maximum atomic E-state index is 6.06. The number of nitrogens with one attached hydrogen (secondary N) is 2. The van der Waals surface area contributed by atoms with Crippen LogP contribution < -0.4 is 44.1 Å². The minimum absolute atomic E-state index is 0. The van der Waals surface area contributed by atoms with Crippen molar-refractivity contribution in [1.82, 2.24) is 0 Å². The van der Waals surface area contributed by atoms with E-state index in [4.69, 9.17) is 25.8 Å². The molecule has 0 radical (unpaired) electrons. The number of quaternary nitrogens is 2. The summed E-state index contributed by atoms with van der Waals surface area (Å²) in [5.74, 6) is 1.77. The summed E-state index contributed by atoms with van der Waals surface area (Å²) in [6.07, 6.45) is 1.04. The second-order valence-corrected chi connectivity index (χ2v) is 7.96. The Labute approximate surface area is 203 Å². The Hall–Kier alpha value is -1.21. The molecule has 1 aliphatic rings. The van der Waals surface area contributed by atoms with Crippen molar-refractivity contribution >= 4 is 17.3 Å². The lowest BCUT2D eigenvalue weighted by Crippen LogP contribution is -3.28. The van der Waals surface area contributed by atoms with Gasteiger partial charge in [0.05, 0.1) is 7.11 Å². The van der Waals surface area contributed by atoms with Gasteiger partial charge in [0.15, 0.2) is 0 Å². The number of hydrogen-bond donors (Lipinski definition) is 2. The third kappa shape index (κ3) is 8.68. The first-order valence-electron chi connectivity index (χ1n) is 10.5. The molecule has 2 N–H and O–H groups in total. The van der Waals surface area contributed by atoms with Gasteiger partial charge in [-0.3, -0.25) is 4.90 Å². The van der Waals surface area contributed by atoms with Gasteiger partial charge >= 0.3 is 0 Å². The molecule has 0 amide bonds. The number of benzene rings is 2. The van der Waals surface area contributed by atoms with E-state index in [2.05, 4.69) is 19.1 Å². The van der Waals surface area contributed by atoms with Crippen LogP contribution in [-0.4, -0.2) is 59.2 Å². The number of halogens is 3. The molecule has 1 saturated heterocycles. The van der Waals surface area contributed by atoms with E-state index in [1.165, 1.54) is 10.6 Å². The lowest BCUT2D eigenvalue weighted by Gasteiger charge is -2.34. The number of piperazine rings is 1. The molecule has 1 unspecified atom stereocenters. The smallest absolute Gasteiger partial charge is 0.146 e. The first-order chi connectivity index (χ1) is 14.2. The predicted octanol–water partition coefficient (Wildman–Crippen LogP) is -4.35. The molecule has 0 aromatic heterocycles. The van der Waals surface area contributed by atoms with Crippen LogP contribution in [0.25, 0.3) is 0 Å². The van der Waals surface area contributed by atoms with Gasteiger partial charge in [0, 0.05) is 23.8 Å². The van der Waals surface area contributed by atoms with Gasteiger partial charge in [0.25, 0.3) is 0 Å². The van der Waals surface area contributed by atoms with E-state index in [-0.39, 0.29) is 24.8 Å². The lowest BCUT2D eigenvalue weighted by atomic mass is 10.2. The highest BCUT2D eigenvalue weighted by Gasteiger charge is 2.31. The van der Waals surface area contributed by atoms with Crippen molar-refractivity contribution < 1.29 is 48.8 Å². The molecule has 0 saturated carbocycles. The molecule has 0 bridgehead atoms. The second-order valence-electron chi connectivity index (χ2n) is 7.53. The van der Waals surface area contributed by atoms with E-state index in [1.807, 2.05) is 36.4 Å². The standard InChI is InChI=1S/C23H31ClN2O3.2ClH/c1-3-16-28-17-21(18-29-23-8-4-19(24)5-9-23)26-14-12-25(13-15-26)20-6-10-22(27-2)11-7-20;;/h4-11,21H,3,12-18H2,1-2H3;2*1H. The minimum Gasteiger partial charge on any atom is -1.00 e. The fourth-order valence-electron chi connectivity index (χ4n) is 3.78. The van der Waals surface area contributed by atoms with Crippen molar-refractivity contribution in [3.63, 3.8) is 0 Å². The molecule has 0 spiro atoms. The van der Waals surface area contributed by atoms with E-state index >= 15 is 0 Å². The highest BCUT2D eigenvalue weighted by atomic mass is 35.5. The van der Waals surface area contributed by atoms with Gasteiger partial charge in [-0.05, 0) is 42.8 Å². The van der Waals surface area contributed by atoms with Gasteiger partial charge in [-0.1, -0.05) is 18.5 Å². The van der Waals surface area contributed by atoms with Crippen molar-refractivity contribution in [2.24, 2.45) is 0 Å². The highest BCUT2D eigenvalue weighted by molar-refractivity contribution is 6.30. The molecule has 8 heteroatoms. The number of rotatable bonds is 10. The Morgan fingerprint density at radius 3 is 2.06 bits per heavy atom. The van der Waals surface area contributed by atoms with Crippen LogP contribution in [0.1, 0.15) is 13.3 Å². The van der Waals surface area contributed by atoms with Crippen LogP contribution in [0.3, 0.4) is 0 Å². The zero-order valence-corrected chi connectivity index (χ0v) is 20.5. The SMILES string of the molecule is CCCOCC(COc1ccc(Cl)cc1)[NH+]1CC[NH+](c2ccc(OC)cc2)CC1.[Cl-].[Cl-]. The second kappa shape index (κ2) is 14.8. The van der Waals surface area contributed by atoms with Crippen LogP contribution in [-0.2, 0) is 4.74 Å². The quantitative estimate of drug-likeness (QED) is 0.330. The number of methoxy groups -OCH3 is 1. The first-order valence-corrected chi connectivity index (χ1v) is 10.9. The molecule has 2 aromatic carbocycles. The van der Waals surface area contributed by atoms with Gasteiger partial charge in [0.2, 0.25) is 0 Å². The average Bonchev–Trinajstić information content (AvgIpc) is 2.77. The largest absolute Gasteiger partial charge is 1.00 e. The van der Waals surface area contributed by atoms with Crippen LogP contribution >= 0.6 is 11.6 Å². The Morgan fingerprint density at radius 2 is 1.48 bits per heavy atom. The fraction of sp³-hybridized carbons (Fsp3) is 0.478. The maximum absolute atomic E-state index is 6.06. The van der Waals surface area contributed by atoms with Crippen molar-refractivity contribution in [3.8, 4) is 11.5 Å². The van der Waals surface area contributed by atoms with Crippen LogP contribution in [0, 0.1) is 0 Å². The Morgan fingerprint density at radius 1 is 0.871 bits per heavy atom. The van der Waals surface area contributed by atoms with E-state index in [0.717, 1.165) is 62.3 Å². The van der Waals surface area contributed by atoms with Crippen molar-refractivity contribution in [3.05, 3.63) is 53.6 Å². The van der Waals surface area contributed by atoms with E-state index in [0.29, 0.717) is 12.6 Å². The predicted molar refractivity (Wildman–Crippen MR) is 116 cm³/mol. The lowest BCUT2D eigenvalue weighted by molar-refractivity contribution is -1.00. The van der Waals surface area contributed by atoms with Crippen molar-refractivity contribution in [1.29, 1.82) is 0 Å². The summed E-state index contributed by atoms with van der Waals surface area (Å²) in [5, 5.41) is 0.725. The van der Waals surface area contributed by atoms with Crippen LogP contribution in [0.4, 0.5) is 5.69 Å². The average molecular weight is 492 g/mol. The molecule has 1 atom stereocenters. The van der Waals surface area contributed by atoms with Crippen LogP contribution in [0.2, 0.25) is 5.02 Å². The summed E-state index contributed by atoms with van der Waals surface area (Å²) < 4.78 is 17.2. The number of hydrogen-bond acceptors (Lipinski definition) is 3. The fourth-order valence-corrected chi connectivity index (χ4v) is 3.90. The molecule has 0 aliphatic carbocycles. The Bertz CT molecular complexity index is 724. The van der Waals surface area contributed by atoms with Gasteiger partial charge in [-0.25, -0.2) is 0 Å². The summed E-state index contributed by atoms with van der Waals surface area (Å²) in [6.45, 7) is 8.74. The van der Waals surface area contributed by atoms with Crippen LogP contribution in [0.5, 0.6) is 11.5 Å². The molecule has 1 fully saturated rings. The summed E-state index contributed by atoms with van der Waals surface area (Å²) >= 11 is 5.97. The molecule has 2 aromatic rings. The third-order valence-electron chi connectivity index (χ3n) is 5.50. The van der Waals surface area contributed by atoms with Gasteiger partial charge in [-0.15, -0.1) is 0 Å². The summed E-state index contributed by atoms with van der Waals surface area (Å²) in [7, 11) is 1.71. The molecule has 5 nitrogen and oxygen atoms in total. The zero-order valence-electron chi connectivity index (χ0n) is 18.2. The number of ether oxygens (including phenoxy) is 3. The van der Waals surface area contributed by atoms with Gasteiger partial charge < -0.3 is 43.9 Å². The minimum atomic E-state index is 0. The first kappa shape index (κ1) is 27.8. The van der Waals surface area contributed by atoms with Crippen LogP contribution in [0.15, 0.2) is 48.5 Å². The molecule has 174 valence electrons. The van der Waals surface area contributed by atoms with Crippen molar-refractivity contribution in [2.75, 3.05) is 53.1 Å².